The lowest BCUT2D eigenvalue weighted by atomic mass is 10.0. The average molecular weight is 475 g/mol. The molecule has 0 saturated heterocycles. The van der Waals surface area contributed by atoms with Crippen LogP contribution in [0.5, 0.6) is 0 Å². The minimum absolute atomic E-state index is 0.136. The van der Waals surface area contributed by atoms with Crippen LogP contribution in [0.2, 0.25) is 0 Å². The molecule has 0 aliphatic carbocycles. The molecule has 0 aliphatic rings. The quantitative estimate of drug-likeness (QED) is 0.279. The average Bonchev–Trinajstić information content (AvgIpc) is 3.25. The van der Waals surface area contributed by atoms with Gasteiger partial charge in [-0.25, -0.2) is 4.79 Å². The first kappa shape index (κ1) is 25.3. The number of nitrogens with one attached hydrogen (secondary N) is 4. The van der Waals surface area contributed by atoms with Crippen molar-refractivity contribution >= 4 is 34.4 Å². The number of fused-ring (bicyclic) bond motifs is 1. The van der Waals surface area contributed by atoms with E-state index in [0.717, 1.165) is 21.4 Å². The van der Waals surface area contributed by atoms with Crippen LogP contribution >= 0.6 is 0 Å². The number of rotatable bonds is 9. The minimum atomic E-state index is -0.823. The van der Waals surface area contributed by atoms with Gasteiger partial charge in [-0.2, -0.15) is 5.26 Å². The van der Waals surface area contributed by atoms with E-state index in [1.54, 1.807) is 30.5 Å². The van der Waals surface area contributed by atoms with Crippen LogP contribution in [0.15, 0.2) is 54.7 Å². The standard InChI is InChI=1S/C26H30N6O3/c1-17(2)13-23(25(34)32(3)16-27)31-24(33)18-7-6-8-20(14-18)30-26(35)28-12-11-19-15-29-22-10-5-4-9-21(19)22/h4-10,14-15,17,23,29H,11-13H2,1-3H3,(H,31,33)(H2,28,30,35). The second kappa shape index (κ2) is 11.7. The minimum Gasteiger partial charge on any atom is -0.361 e. The molecule has 1 aromatic heterocycles. The first-order chi connectivity index (χ1) is 16.8. The van der Waals surface area contributed by atoms with Gasteiger partial charge in [-0.3, -0.25) is 14.5 Å². The fraction of sp³-hybridized carbons (Fsp3) is 0.308. The van der Waals surface area contributed by atoms with Gasteiger partial charge in [0.15, 0.2) is 6.19 Å². The molecule has 2 aromatic carbocycles. The Morgan fingerprint density at radius 2 is 1.89 bits per heavy atom. The van der Waals surface area contributed by atoms with Crippen LogP contribution in [0.4, 0.5) is 10.5 Å². The van der Waals surface area contributed by atoms with Gasteiger partial charge in [-0.1, -0.05) is 38.1 Å². The molecule has 35 heavy (non-hydrogen) atoms. The third-order valence-electron chi connectivity index (χ3n) is 5.53. The van der Waals surface area contributed by atoms with Crippen LogP contribution in [0.1, 0.15) is 36.2 Å². The van der Waals surface area contributed by atoms with E-state index in [4.69, 9.17) is 5.26 Å². The summed E-state index contributed by atoms with van der Waals surface area (Å²) >= 11 is 0. The highest BCUT2D eigenvalue weighted by Crippen LogP contribution is 2.18. The fourth-order valence-corrected chi connectivity index (χ4v) is 3.78. The van der Waals surface area contributed by atoms with Crippen molar-refractivity contribution in [2.45, 2.75) is 32.7 Å². The first-order valence-electron chi connectivity index (χ1n) is 11.5. The van der Waals surface area contributed by atoms with Crippen molar-refractivity contribution in [1.82, 2.24) is 20.5 Å². The van der Waals surface area contributed by atoms with Crippen LogP contribution < -0.4 is 16.0 Å². The van der Waals surface area contributed by atoms with E-state index in [1.165, 1.54) is 7.05 Å². The SMILES string of the molecule is CC(C)CC(NC(=O)c1cccc(NC(=O)NCCc2c[nH]c3ccccc23)c1)C(=O)N(C)C#N. The number of carbonyl (C=O) groups excluding carboxylic acids is 3. The number of anilines is 1. The molecular weight excluding hydrogens is 444 g/mol. The van der Waals surface area contributed by atoms with Gasteiger partial charge in [-0.15, -0.1) is 0 Å². The Morgan fingerprint density at radius 3 is 2.63 bits per heavy atom. The van der Waals surface area contributed by atoms with Crippen LogP contribution in [0.3, 0.4) is 0 Å². The topological polar surface area (TPSA) is 130 Å². The number of aromatic amines is 1. The molecule has 1 heterocycles. The lowest BCUT2D eigenvalue weighted by Gasteiger charge is -2.21. The summed E-state index contributed by atoms with van der Waals surface area (Å²) in [5.41, 5.74) is 2.91. The zero-order chi connectivity index (χ0) is 25.4. The smallest absolute Gasteiger partial charge is 0.319 e. The zero-order valence-corrected chi connectivity index (χ0v) is 20.1. The molecule has 0 bridgehead atoms. The fourth-order valence-electron chi connectivity index (χ4n) is 3.78. The van der Waals surface area contributed by atoms with Crippen molar-refractivity contribution in [3.05, 3.63) is 65.9 Å². The number of carbonyl (C=O) groups is 3. The van der Waals surface area contributed by atoms with Gasteiger partial charge >= 0.3 is 6.03 Å². The van der Waals surface area contributed by atoms with Gasteiger partial charge in [0.1, 0.15) is 6.04 Å². The Labute approximate surface area is 204 Å². The van der Waals surface area contributed by atoms with E-state index >= 15 is 0 Å². The van der Waals surface area contributed by atoms with Crippen LogP contribution in [-0.2, 0) is 11.2 Å². The number of urea groups is 1. The van der Waals surface area contributed by atoms with Gasteiger partial charge in [0, 0.05) is 41.9 Å². The maximum atomic E-state index is 12.8. The van der Waals surface area contributed by atoms with Gasteiger partial charge in [-0.05, 0) is 48.6 Å². The third kappa shape index (κ3) is 6.84. The van der Waals surface area contributed by atoms with E-state index in [-0.39, 0.29) is 11.9 Å². The van der Waals surface area contributed by atoms with E-state index in [9.17, 15) is 14.4 Å². The van der Waals surface area contributed by atoms with Crippen molar-refractivity contribution in [2.24, 2.45) is 5.92 Å². The van der Waals surface area contributed by atoms with Crippen molar-refractivity contribution in [3.63, 3.8) is 0 Å². The maximum Gasteiger partial charge on any atom is 0.319 e. The first-order valence-corrected chi connectivity index (χ1v) is 11.5. The molecule has 0 radical (unpaired) electrons. The molecule has 4 N–H and O–H groups in total. The lowest BCUT2D eigenvalue weighted by molar-refractivity contribution is -0.129. The molecular formula is C26H30N6O3. The predicted octanol–water partition coefficient (Wildman–Crippen LogP) is 3.62. The summed E-state index contributed by atoms with van der Waals surface area (Å²) in [6, 6.07) is 13.2. The number of benzene rings is 2. The van der Waals surface area contributed by atoms with Crippen molar-refractivity contribution in [2.75, 3.05) is 18.9 Å². The molecule has 0 saturated carbocycles. The van der Waals surface area contributed by atoms with E-state index in [2.05, 4.69) is 20.9 Å². The van der Waals surface area contributed by atoms with Gasteiger partial charge < -0.3 is 20.9 Å². The highest BCUT2D eigenvalue weighted by Gasteiger charge is 2.25. The van der Waals surface area contributed by atoms with Crippen molar-refractivity contribution < 1.29 is 14.4 Å². The number of nitriles is 1. The summed E-state index contributed by atoms with van der Waals surface area (Å²) in [7, 11) is 1.36. The largest absolute Gasteiger partial charge is 0.361 e. The van der Waals surface area contributed by atoms with Gasteiger partial charge in [0.25, 0.3) is 11.8 Å². The number of amides is 4. The van der Waals surface area contributed by atoms with Gasteiger partial charge in [0.05, 0.1) is 0 Å². The molecule has 0 aliphatic heterocycles. The summed E-state index contributed by atoms with van der Waals surface area (Å²) in [6.07, 6.45) is 4.78. The summed E-state index contributed by atoms with van der Waals surface area (Å²) < 4.78 is 0. The molecule has 1 atom stereocenters. The van der Waals surface area contributed by atoms with Crippen molar-refractivity contribution in [3.8, 4) is 6.19 Å². The molecule has 1 unspecified atom stereocenters. The molecule has 182 valence electrons. The predicted molar refractivity (Wildman–Crippen MR) is 135 cm³/mol. The molecule has 0 spiro atoms. The number of para-hydroxylation sites is 1. The second-order valence-electron chi connectivity index (χ2n) is 8.72. The Balaban J connectivity index is 1.57. The van der Waals surface area contributed by atoms with E-state index in [1.807, 2.05) is 44.3 Å². The Morgan fingerprint density at radius 1 is 1.11 bits per heavy atom. The Kier molecular flexibility index (Phi) is 8.46. The molecule has 0 fully saturated rings. The number of nitrogens with zero attached hydrogens (tertiary/aromatic N) is 2. The van der Waals surface area contributed by atoms with Crippen LogP contribution in [0, 0.1) is 17.4 Å². The number of likely N-dealkylation sites (N-methyl/N-ethyl adjacent to an activating group) is 1. The van der Waals surface area contributed by atoms with Gasteiger partial charge in [0.2, 0.25) is 0 Å². The lowest BCUT2D eigenvalue weighted by Crippen LogP contribution is -2.46. The summed E-state index contributed by atoms with van der Waals surface area (Å²) in [4.78, 5) is 41.8. The highest BCUT2D eigenvalue weighted by molar-refractivity contribution is 5.99. The third-order valence-corrected chi connectivity index (χ3v) is 5.53. The number of hydrogen-bond acceptors (Lipinski definition) is 4. The van der Waals surface area contributed by atoms with Crippen LogP contribution in [-0.4, -0.2) is 47.4 Å². The molecule has 9 heteroatoms. The van der Waals surface area contributed by atoms with Crippen LogP contribution in [0.25, 0.3) is 10.9 Å². The summed E-state index contributed by atoms with van der Waals surface area (Å²) in [5, 5.41) is 18.4. The number of hydrogen-bond donors (Lipinski definition) is 4. The Bertz CT molecular complexity index is 1240. The van der Waals surface area contributed by atoms with E-state index < -0.39 is 17.9 Å². The molecule has 3 rings (SSSR count). The summed E-state index contributed by atoms with van der Waals surface area (Å²) in [5.74, 6) is -0.797. The van der Waals surface area contributed by atoms with E-state index in [0.29, 0.717) is 30.6 Å². The zero-order valence-electron chi connectivity index (χ0n) is 20.1. The molecule has 9 nitrogen and oxygen atoms in total. The molecule has 3 aromatic rings. The Hall–Kier alpha value is -4.32. The molecule has 4 amide bonds. The van der Waals surface area contributed by atoms with Crippen molar-refractivity contribution in [1.29, 1.82) is 5.26 Å². The second-order valence-corrected chi connectivity index (χ2v) is 8.72. The number of aromatic nitrogens is 1. The summed E-state index contributed by atoms with van der Waals surface area (Å²) in [6.45, 7) is 4.31. The highest BCUT2D eigenvalue weighted by atomic mass is 16.2. The number of H-pyrrole nitrogens is 1. The maximum absolute atomic E-state index is 12.8. The monoisotopic (exact) mass is 474 g/mol. The normalized spacial score (nSPS) is 11.5.